The van der Waals surface area contributed by atoms with Gasteiger partial charge in [0, 0.05) is 36.3 Å². The Morgan fingerprint density at radius 2 is 1.76 bits per heavy atom. The van der Waals surface area contributed by atoms with E-state index in [9.17, 15) is 4.79 Å². The Hall–Kier alpha value is -3.05. The van der Waals surface area contributed by atoms with E-state index in [1.807, 2.05) is 54.9 Å². The van der Waals surface area contributed by atoms with Crippen molar-refractivity contribution in [1.82, 2.24) is 14.9 Å². The number of nitrogens with zero attached hydrogens (tertiary/aromatic N) is 3. The molecule has 2 aromatic carbocycles. The van der Waals surface area contributed by atoms with E-state index in [4.69, 9.17) is 0 Å². The summed E-state index contributed by atoms with van der Waals surface area (Å²) in [5, 5.41) is 5.17. The number of amides is 1. The number of aromatic nitrogens is 2. The van der Waals surface area contributed by atoms with Crippen LogP contribution in [0.2, 0.25) is 0 Å². The van der Waals surface area contributed by atoms with Gasteiger partial charge >= 0.3 is 0 Å². The first-order chi connectivity index (χ1) is 14.0. The average Bonchev–Trinajstić information content (AvgIpc) is 3.22. The van der Waals surface area contributed by atoms with Crippen LogP contribution in [-0.4, -0.2) is 27.8 Å². The zero-order chi connectivity index (χ0) is 20.4. The summed E-state index contributed by atoms with van der Waals surface area (Å²) in [7, 11) is 1.84. The van der Waals surface area contributed by atoms with Crippen LogP contribution in [0.15, 0.2) is 66.3 Å². The summed E-state index contributed by atoms with van der Waals surface area (Å²) in [6.07, 6.45) is 3.58. The standard InChI is InChI=1S/C24H23N3OS/c1-16(2)23-26-18(15-29-23)14-27(3)24(28)22-9-8-19(17-10-12-25-13-11-17)20-6-4-5-7-21(20)22/h4-13,15-16H,14H2,1-3H3. The Morgan fingerprint density at radius 1 is 1.03 bits per heavy atom. The van der Waals surface area contributed by atoms with Gasteiger partial charge in [0.1, 0.15) is 0 Å². The van der Waals surface area contributed by atoms with Gasteiger partial charge in [-0.05, 0) is 40.1 Å². The maximum absolute atomic E-state index is 13.2. The van der Waals surface area contributed by atoms with Crippen molar-refractivity contribution in [2.45, 2.75) is 26.3 Å². The van der Waals surface area contributed by atoms with Crippen LogP contribution in [-0.2, 0) is 6.54 Å². The van der Waals surface area contributed by atoms with Crippen molar-refractivity contribution in [2.24, 2.45) is 0 Å². The predicted octanol–water partition coefficient (Wildman–Crippen LogP) is 5.75. The number of fused-ring (bicyclic) bond motifs is 1. The highest BCUT2D eigenvalue weighted by Crippen LogP contribution is 2.31. The highest BCUT2D eigenvalue weighted by Gasteiger charge is 2.18. The predicted molar refractivity (Wildman–Crippen MR) is 119 cm³/mol. The van der Waals surface area contributed by atoms with Gasteiger partial charge in [-0.2, -0.15) is 0 Å². The van der Waals surface area contributed by atoms with Gasteiger partial charge in [-0.15, -0.1) is 11.3 Å². The molecule has 29 heavy (non-hydrogen) atoms. The summed E-state index contributed by atoms with van der Waals surface area (Å²) >= 11 is 1.66. The molecule has 0 aliphatic rings. The fraction of sp³-hybridized carbons (Fsp3) is 0.208. The van der Waals surface area contributed by atoms with Gasteiger partial charge in [-0.1, -0.05) is 44.2 Å². The van der Waals surface area contributed by atoms with Crippen LogP contribution < -0.4 is 0 Å². The van der Waals surface area contributed by atoms with Crippen molar-refractivity contribution < 1.29 is 4.79 Å². The molecular weight excluding hydrogens is 378 g/mol. The monoisotopic (exact) mass is 401 g/mol. The number of thiazole rings is 1. The summed E-state index contributed by atoms with van der Waals surface area (Å²) in [4.78, 5) is 23.8. The van der Waals surface area contributed by atoms with Crippen LogP contribution in [0.1, 0.15) is 40.8 Å². The van der Waals surface area contributed by atoms with Gasteiger partial charge in [0.25, 0.3) is 5.91 Å². The normalized spacial score (nSPS) is 11.2. The van der Waals surface area contributed by atoms with Crippen molar-refractivity contribution in [3.63, 3.8) is 0 Å². The molecule has 0 unspecified atom stereocenters. The maximum atomic E-state index is 13.2. The minimum Gasteiger partial charge on any atom is -0.336 e. The lowest BCUT2D eigenvalue weighted by molar-refractivity contribution is 0.0785. The minimum atomic E-state index is 0.00146. The molecule has 0 spiro atoms. The largest absolute Gasteiger partial charge is 0.336 e. The fourth-order valence-electron chi connectivity index (χ4n) is 3.45. The molecule has 0 aliphatic carbocycles. The number of hydrogen-bond acceptors (Lipinski definition) is 4. The van der Waals surface area contributed by atoms with E-state index in [-0.39, 0.29) is 5.91 Å². The van der Waals surface area contributed by atoms with Crippen molar-refractivity contribution in [3.05, 3.63) is 82.6 Å². The molecule has 0 atom stereocenters. The summed E-state index contributed by atoms with van der Waals surface area (Å²) in [5.41, 5.74) is 3.84. The van der Waals surface area contributed by atoms with Crippen molar-refractivity contribution in [1.29, 1.82) is 0 Å². The Kier molecular flexibility index (Phi) is 5.41. The molecule has 0 radical (unpaired) electrons. The van der Waals surface area contributed by atoms with Crippen LogP contribution in [0.25, 0.3) is 21.9 Å². The van der Waals surface area contributed by atoms with Crippen LogP contribution >= 0.6 is 11.3 Å². The lowest BCUT2D eigenvalue weighted by Crippen LogP contribution is -2.26. The summed E-state index contributed by atoms with van der Waals surface area (Å²) in [5.74, 6) is 0.404. The van der Waals surface area contributed by atoms with E-state index in [1.165, 1.54) is 0 Å². The highest BCUT2D eigenvalue weighted by atomic mass is 32.1. The second-order valence-corrected chi connectivity index (χ2v) is 8.32. The molecular formula is C24H23N3OS. The Balaban J connectivity index is 1.67. The first kappa shape index (κ1) is 19.3. The quantitative estimate of drug-likeness (QED) is 0.427. The third kappa shape index (κ3) is 3.91. The molecule has 5 heteroatoms. The van der Waals surface area contributed by atoms with E-state index < -0.39 is 0 Å². The molecule has 0 N–H and O–H groups in total. The van der Waals surface area contributed by atoms with Gasteiger partial charge < -0.3 is 4.90 Å². The van der Waals surface area contributed by atoms with Crippen LogP contribution in [0, 0.1) is 0 Å². The molecule has 0 saturated heterocycles. The molecule has 4 rings (SSSR count). The topological polar surface area (TPSA) is 46.1 Å². The number of pyridine rings is 1. The number of carbonyl (C=O) groups excluding carboxylic acids is 1. The third-order valence-electron chi connectivity index (χ3n) is 4.96. The van der Waals surface area contributed by atoms with Gasteiger partial charge in [0.05, 0.1) is 17.2 Å². The zero-order valence-electron chi connectivity index (χ0n) is 16.8. The molecule has 0 fully saturated rings. The first-order valence-corrected chi connectivity index (χ1v) is 10.5. The lowest BCUT2D eigenvalue weighted by atomic mass is 9.95. The Labute approximate surface area is 174 Å². The second kappa shape index (κ2) is 8.13. The number of carbonyl (C=O) groups is 1. The zero-order valence-corrected chi connectivity index (χ0v) is 17.6. The number of benzene rings is 2. The molecule has 2 aromatic heterocycles. The molecule has 0 bridgehead atoms. The van der Waals surface area contributed by atoms with Gasteiger partial charge in [0.15, 0.2) is 0 Å². The molecule has 4 nitrogen and oxygen atoms in total. The molecule has 0 aliphatic heterocycles. The van der Waals surface area contributed by atoms with Gasteiger partial charge in [-0.3, -0.25) is 9.78 Å². The van der Waals surface area contributed by atoms with Crippen molar-refractivity contribution in [2.75, 3.05) is 7.05 Å². The molecule has 146 valence electrons. The van der Waals surface area contributed by atoms with Crippen molar-refractivity contribution in [3.8, 4) is 11.1 Å². The third-order valence-corrected chi connectivity index (χ3v) is 6.15. The number of hydrogen-bond donors (Lipinski definition) is 0. The van der Waals surface area contributed by atoms with Gasteiger partial charge in [0.2, 0.25) is 0 Å². The number of rotatable bonds is 5. The van der Waals surface area contributed by atoms with E-state index in [1.54, 1.807) is 28.6 Å². The minimum absolute atomic E-state index is 0.00146. The van der Waals surface area contributed by atoms with Crippen molar-refractivity contribution >= 4 is 28.0 Å². The molecule has 1 amide bonds. The van der Waals surface area contributed by atoms with E-state index in [2.05, 4.69) is 29.9 Å². The molecule has 2 heterocycles. The van der Waals surface area contributed by atoms with E-state index >= 15 is 0 Å². The smallest absolute Gasteiger partial charge is 0.254 e. The van der Waals surface area contributed by atoms with Gasteiger partial charge in [-0.25, -0.2) is 4.98 Å². The highest BCUT2D eigenvalue weighted by molar-refractivity contribution is 7.09. The average molecular weight is 402 g/mol. The Bertz CT molecular complexity index is 1150. The summed E-state index contributed by atoms with van der Waals surface area (Å²) in [6, 6.07) is 16.0. The molecule has 0 saturated carbocycles. The summed E-state index contributed by atoms with van der Waals surface area (Å²) < 4.78 is 0. The van der Waals surface area contributed by atoms with Crippen LogP contribution in [0.3, 0.4) is 0 Å². The maximum Gasteiger partial charge on any atom is 0.254 e. The summed E-state index contributed by atoms with van der Waals surface area (Å²) in [6.45, 7) is 4.77. The molecule has 4 aromatic rings. The van der Waals surface area contributed by atoms with E-state index in [0.717, 1.165) is 32.6 Å². The fourth-order valence-corrected chi connectivity index (χ4v) is 4.28. The Morgan fingerprint density at radius 3 is 2.45 bits per heavy atom. The lowest BCUT2D eigenvalue weighted by Gasteiger charge is -2.18. The van der Waals surface area contributed by atoms with Crippen LogP contribution in [0.4, 0.5) is 0 Å². The SMILES string of the molecule is CC(C)c1nc(CN(C)C(=O)c2ccc(-c3ccncc3)c3ccccc23)cs1. The van der Waals surface area contributed by atoms with Crippen LogP contribution in [0.5, 0.6) is 0 Å². The first-order valence-electron chi connectivity index (χ1n) is 9.66. The van der Waals surface area contributed by atoms with E-state index in [0.29, 0.717) is 18.0 Å². The second-order valence-electron chi connectivity index (χ2n) is 7.44.